The van der Waals surface area contributed by atoms with Gasteiger partial charge >= 0.3 is 29.6 Å². The number of aliphatic carboxylic acids is 1. The van der Waals surface area contributed by atoms with Gasteiger partial charge in [-0.1, -0.05) is 54.6 Å². The van der Waals surface area contributed by atoms with Crippen LogP contribution in [0.3, 0.4) is 0 Å². The molecule has 3 heteroatoms. The third-order valence-corrected chi connectivity index (χ3v) is 3.89. The summed E-state index contributed by atoms with van der Waals surface area (Å²) in [6.07, 6.45) is 6.08. The molecule has 2 aromatic carbocycles. The summed E-state index contributed by atoms with van der Waals surface area (Å²) in [6.45, 7) is 0. The standard InChI is InChI=1S/C20H24O2.Na/c21-20(22)12-5-4-9-18-13-15-19(16-14-18)11-6-10-17-7-2-1-3-8-17;/h1-3,7-8,13-16H,4-6,9-12H2,(H,21,22);/q;+1/p-1. The van der Waals surface area contributed by atoms with Crippen LogP contribution in [0.5, 0.6) is 0 Å². The number of carbonyl (C=O) groups is 1. The molecule has 23 heavy (non-hydrogen) atoms. The Balaban J connectivity index is 0.00000264. The number of benzene rings is 2. The quantitative estimate of drug-likeness (QED) is 0.494. The summed E-state index contributed by atoms with van der Waals surface area (Å²) in [6, 6.07) is 19.3. The maximum Gasteiger partial charge on any atom is 1.00 e. The Kier molecular flexibility index (Phi) is 9.93. The SMILES string of the molecule is O=C([O-])CCCCc1ccc(CCCc2ccccc2)cc1.[Na+]. The van der Waals surface area contributed by atoms with Crippen molar-refractivity contribution in [3.63, 3.8) is 0 Å². The van der Waals surface area contributed by atoms with Gasteiger partial charge in [0.1, 0.15) is 0 Å². The monoisotopic (exact) mass is 318 g/mol. The Morgan fingerprint density at radius 1 is 0.696 bits per heavy atom. The molecule has 0 radical (unpaired) electrons. The Hall–Kier alpha value is -1.09. The molecular weight excluding hydrogens is 295 g/mol. The summed E-state index contributed by atoms with van der Waals surface area (Å²) < 4.78 is 0. The number of rotatable bonds is 9. The summed E-state index contributed by atoms with van der Waals surface area (Å²) >= 11 is 0. The van der Waals surface area contributed by atoms with Crippen LogP contribution in [-0.2, 0) is 24.1 Å². The molecule has 0 bridgehead atoms. The molecule has 0 amide bonds. The number of carbonyl (C=O) groups excluding carboxylic acids is 1. The predicted octanol–water partition coefficient (Wildman–Crippen LogP) is 0.329. The fourth-order valence-electron chi connectivity index (χ4n) is 2.61. The average Bonchev–Trinajstić information content (AvgIpc) is 2.54. The molecule has 0 saturated carbocycles. The molecule has 2 aromatic rings. The van der Waals surface area contributed by atoms with Crippen LogP contribution in [0.15, 0.2) is 54.6 Å². The maximum absolute atomic E-state index is 10.3. The molecule has 2 rings (SSSR count). The van der Waals surface area contributed by atoms with Gasteiger partial charge in [0.25, 0.3) is 0 Å². The molecule has 0 fully saturated rings. The molecular formula is C20H23NaO2. The van der Waals surface area contributed by atoms with Gasteiger partial charge in [0.15, 0.2) is 0 Å². The Morgan fingerprint density at radius 3 is 1.70 bits per heavy atom. The number of hydrogen-bond donors (Lipinski definition) is 0. The Morgan fingerprint density at radius 2 is 1.17 bits per heavy atom. The van der Waals surface area contributed by atoms with Crippen molar-refractivity contribution in [2.75, 3.05) is 0 Å². The first-order valence-electron chi connectivity index (χ1n) is 8.05. The second-order valence-electron chi connectivity index (χ2n) is 5.73. The van der Waals surface area contributed by atoms with Crippen LogP contribution in [0.1, 0.15) is 42.4 Å². The van der Waals surface area contributed by atoms with Crippen LogP contribution < -0.4 is 34.7 Å². The molecule has 2 nitrogen and oxygen atoms in total. The first-order valence-corrected chi connectivity index (χ1v) is 8.05. The van der Waals surface area contributed by atoms with Crippen LogP contribution in [-0.4, -0.2) is 5.97 Å². The molecule has 0 aliphatic heterocycles. The summed E-state index contributed by atoms with van der Waals surface area (Å²) in [5, 5.41) is 10.3. The van der Waals surface area contributed by atoms with Gasteiger partial charge in [-0.2, -0.15) is 0 Å². The van der Waals surface area contributed by atoms with Crippen molar-refractivity contribution in [3.8, 4) is 0 Å². The fourth-order valence-corrected chi connectivity index (χ4v) is 2.61. The van der Waals surface area contributed by atoms with Gasteiger partial charge in [-0.25, -0.2) is 0 Å². The predicted molar refractivity (Wildman–Crippen MR) is 87.5 cm³/mol. The first-order chi connectivity index (χ1) is 10.7. The van der Waals surface area contributed by atoms with E-state index in [0.717, 1.165) is 32.1 Å². The van der Waals surface area contributed by atoms with Crippen molar-refractivity contribution in [3.05, 3.63) is 71.3 Å². The van der Waals surface area contributed by atoms with E-state index in [-0.39, 0.29) is 36.0 Å². The smallest absolute Gasteiger partial charge is 0.550 e. The number of hydrogen-bond acceptors (Lipinski definition) is 2. The number of carboxylic acids is 1. The zero-order chi connectivity index (χ0) is 15.6. The van der Waals surface area contributed by atoms with Crippen LogP contribution in [0, 0.1) is 0 Å². The van der Waals surface area contributed by atoms with Crippen LogP contribution in [0.25, 0.3) is 0 Å². The van der Waals surface area contributed by atoms with E-state index in [2.05, 4.69) is 54.6 Å². The summed E-state index contributed by atoms with van der Waals surface area (Å²) in [7, 11) is 0. The summed E-state index contributed by atoms with van der Waals surface area (Å²) in [5.41, 5.74) is 4.05. The number of carboxylic acid groups (broad SMARTS) is 1. The average molecular weight is 318 g/mol. The van der Waals surface area contributed by atoms with Crippen molar-refractivity contribution >= 4 is 5.97 Å². The Labute approximate surface area is 161 Å². The van der Waals surface area contributed by atoms with Crippen molar-refractivity contribution in [1.82, 2.24) is 0 Å². The van der Waals surface area contributed by atoms with Crippen molar-refractivity contribution in [2.45, 2.75) is 44.9 Å². The van der Waals surface area contributed by atoms with E-state index in [1.165, 1.54) is 16.7 Å². The molecule has 0 saturated heterocycles. The molecule has 0 aromatic heterocycles. The van der Waals surface area contributed by atoms with E-state index in [1.54, 1.807) is 0 Å². The van der Waals surface area contributed by atoms with E-state index in [1.807, 2.05) is 0 Å². The van der Waals surface area contributed by atoms with Gasteiger partial charge in [-0.15, -0.1) is 0 Å². The van der Waals surface area contributed by atoms with Gasteiger partial charge in [0, 0.05) is 5.97 Å². The molecule has 0 atom stereocenters. The number of aryl methyl sites for hydroxylation is 3. The largest absolute Gasteiger partial charge is 1.00 e. The third kappa shape index (κ3) is 8.36. The van der Waals surface area contributed by atoms with Gasteiger partial charge in [-0.3, -0.25) is 0 Å². The van der Waals surface area contributed by atoms with Crippen molar-refractivity contribution < 1.29 is 39.5 Å². The van der Waals surface area contributed by atoms with Crippen LogP contribution in [0.4, 0.5) is 0 Å². The Bertz CT molecular complexity index is 564. The minimum absolute atomic E-state index is 0. The van der Waals surface area contributed by atoms with E-state index in [4.69, 9.17) is 0 Å². The third-order valence-electron chi connectivity index (χ3n) is 3.89. The van der Waals surface area contributed by atoms with Gasteiger partial charge in [0.2, 0.25) is 0 Å². The molecule has 0 unspecified atom stereocenters. The van der Waals surface area contributed by atoms with E-state index < -0.39 is 5.97 Å². The number of unbranched alkanes of at least 4 members (excludes halogenated alkanes) is 1. The fraction of sp³-hybridized carbons (Fsp3) is 0.350. The summed E-state index contributed by atoms with van der Waals surface area (Å²) in [5.74, 6) is -0.950. The molecule has 0 spiro atoms. The maximum atomic E-state index is 10.3. The second kappa shape index (κ2) is 11.4. The normalized spacial score (nSPS) is 10.1. The van der Waals surface area contributed by atoms with E-state index in [0.29, 0.717) is 6.42 Å². The molecule has 0 N–H and O–H groups in total. The van der Waals surface area contributed by atoms with Crippen LogP contribution in [0.2, 0.25) is 0 Å². The molecule has 0 aliphatic rings. The van der Waals surface area contributed by atoms with Gasteiger partial charge in [0.05, 0.1) is 0 Å². The van der Waals surface area contributed by atoms with Gasteiger partial charge in [-0.05, 0) is 61.6 Å². The summed E-state index contributed by atoms with van der Waals surface area (Å²) in [4.78, 5) is 10.3. The molecule has 0 aliphatic carbocycles. The zero-order valence-corrected chi connectivity index (χ0v) is 16.0. The van der Waals surface area contributed by atoms with Gasteiger partial charge < -0.3 is 9.90 Å². The van der Waals surface area contributed by atoms with E-state index in [9.17, 15) is 9.90 Å². The van der Waals surface area contributed by atoms with Crippen molar-refractivity contribution in [2.24, 2.45) is 0 Å². The zero-order valence-electron chi connectivity index (χ0n) is 14.0. The van der Waals surface area contributed by atoms with Crippen LogP contribution >= 0.6 is 0 Å². The van der Waals surface area contributed by atoms with Crippen molar-refractivity contribution in [1.29, 1.82) is 0 Å². The molecule has 0 heterocycles. The van der Waals surface area contributed by atoms with E-state index >= 15 is 0 Å². The minimum atomic E-state index is -0.950. The minimum Gasteiger partial charge on any atom is -0.550 e. The topological polar surface area (TPSA) is 40.1 Å². The first kappa shape index (κ1) is 20.0. The molecule has 116 valence electrons. The second-order valence-corrected chi connectivity index (χ2v) is 5.73.